The molecule has 5 rings (SSSR count). The first-order valence-electron chi connectivity index (χ1n) is 10.1. The third kappa shape index (κ3) is 3.09. The lowest BCUT2D eigenvalue weighted by Crippen LogP contribution is -2.67. The summed E-state index contributed by atoms with van der Waals surface area (Å²) in [5.41, 5.74) is 1.55. The number of carbonyl (C=O) groups excluding carboxylic acids is 3. The highest BCUT2D eigenvalue weighted by Gasteiger charge is 2.54. The Hall–Kier alpha value is -3.87. The number of benzene rings is 3. The largest absolute Gasteiger partial charge is 0.497 e. The number of rotatable bonds is 3. The standard InChI is InChI=1S/C24H21N3O4/c1-31-17-9-6-15(7-10-17)13-27-14-24(21(28)25-23(30)26-22(24)29)12-19-18-5-3-2-4-16(18)8-11-20(19)27/h2-11H,12-14H2,1H3,(H2,25,26,28,29,30). The van der Waals surface area contributed by atoms with Crippen molar-refractivity contribution in [2.75, 3.05) is 18.6 Å². The predicted octanol–water partition coefficient (Wildman–Crippen LogP) is 2.76. The molecule has 2 heterocycles. The summed E-state index contributed by atoms with van der Waals surface area (Å²) >= 11 is 0. The molecule has 0 aromatic heterocycles. The minimum absolute atomic E-state index is 0.176. The van der Waals surface area contributed by atoms with Crippen LogP contribution < -0.4 is 20.3 Å². The summed E-state index contributed by atoms with van der Waals surface area (Å²) in [6.07, 6.45) is 0.230. The Bertz CT molecular complexity index is 1200. The molecule has 2 aliphatic heterocycles. The van der Waals surface area contributed by atoms with Crippen molar-refractivity contribution in [2.24, 2.45) is 5.41 Å². The first-order chi connectivity index (χ1) is 15.0. The number of nitrogens with one attached hydrogen (secondary N) is 2. The van der Waals surface area contributed by atoms with E-state index >= 15 is 0 Å². The average Bonchev–Trinajstić information content (AvgIpc) is 2.78. The van der Waals surface area contributed by atoms with E-state index in [1.54, 1.807) is 7.11 Å². The number of imide groups is 2. The second kappa shape index (κ2) is 7.12. The molecule has 1 fully saturated rings. The number of nitrogens with zero attached hydrogens (tertiary/aromatic N) is 1. The van der Waals surface area contributed by atoms with Gasteiger partial charge in [-0.1, -0.05) is 42.5 Å². The Morgan fingerprint density at radius 2 is 1.65 bits per heavy atom. The van der Waals surface area contributed by atoms with Crippen LogP contribution in [0.2, 0.25) is 0 Å². The van der Waals surface area contributed by atoms with Gasteiger partial charge in [-0.3, -0.25) is 20.2 Å². The van der Waals surface area contributed by atoms with Crippen LogP contribution >= 0.6 is 0 Å². The summed E-state index contributed by atoms with van der Waals surface area (Å²) in [6, 6.07) is 18.9. The Labute approximate surface area is 179 Å². The highest BCUT2D eigenvalue weighted by atomic mass is 16.5. The van der Waals surface area contributed by atoms with E-state index in [0.29, 0.717) is 6.54 Å². The third-order valence-corrected chi connectivity index (χ3v) is 6.15. The molecular weight excluding hydrogens is 394 g/mol. The number of ether oxygens (including phenoxy) is 1. The average molecular weight is 415 g/mol. The molecule has 0 unspecified atom stereocenters. The van der Waals surface area contributed by atoms with Gasteiger partial charge < -0.3 is 9.64 Å². The van der Waals surface area contributed by atoms with Gasteiger partial charge in [-0.2, -0.15) is 0 Å². The Morgan fingerprint density at radius 3 is 2.35 bits per heavy atom. The minimum atomic E-state index is -1.38. The first-order valence-corrected chi connectivity index (χ1v) is 10.1. The van der Waals surface area contributed by atoms with E-state index in [1.165, 1.54) is 0 Å². The molecule has 7 nitrogen and oxygen atoms in total. The SMILES string of the molecule is COc1ccc(CN2CC3(Cc4c2ccc2ccccc42)C(=O)NC(=O)NC3=O)cc1. The highest BCUT2D eigenvalue weighted by molar-refractivity contribution is 6.20. The Kier molecular flexibility index (Phi) is 4.39. The molecule has 7 heteroatoms. The van der Waals surface area contributed by atoms with Gasteiger partial charge in [0.25, 0.3) is 0 Å². The molecule has 3 aromatic rings. The fourth-order valence-electron chi connectivity index (χ4n) is 4.55. The van der Waals surface area contributed by atoms with E-state index in [4.69, 9.17) is 4.74 Å². The lowest BCUT2D eigenvalue weighted by molar-refractivity contribution is -0.144. The van der Waals surface area contributed by atoms with Crippen LogP contribution in [0.5, 0.6) is 5.75 Å². The summed E-state index contributed by atoms with van der Waals surface area (Å²) in [4.78, 5) is 39.7. The first kappa shape index (κ1) is 19.1. The summed E-state index contributed by atoms with van der Waals surface area (Å²) in [7, 11) is 1.62. The number of hydrogen-bond donors (Lipinski definition) is 2. The third-order valence-electron chi connectivity index (χ3n) is 6.15. The second-order valence-corrected chi connectivity index (χ2v) is 7.98. The molecule has 2 N–H and O–H groups in total. The van der Waals surface area contributed by atoms with Gasteiger partial charge in [0.2, 0.25) is 11.8 Å². The van der Waals surface area contributed by atoms with Crippen molar-refractivity contribution in [3.8, 4) is 5.75 Å². The van der Waals surface area contributed by atoms with E-state index in [0.717, 1.165) is 33.3 Å². The lowest BCUT2D eigenvalue weighted by atomic mass is 9.74. The Balaban J connectivity index is 1.63. The maximum absolute atomic E-state index is 13.0. The fourth-order valence-corrected chi connectivity index (χ4v) is 4.55. The van der Waals surface area contributed by atoms with Crippen LogP contribution in [-0.2, 0) is 22.6 Å². The quantitative estimate of drug-likeness (QED) is 0.643. The number of fused-ring (bicyclic) bond motifs is 3. The number of anilines is 1. The van der Waals surface area contributed by atoms with Gasteiger partial charge >= 0.3 is 6.03 Å². The van der Waals surface area contributed by atoms with Crippen molar-refractivity contribution in [2.45, 2.75) is 13.0 Å². The van der Waals surface area contributed by atoms with Gasteiger partial charge in [-0.25, -0.2) is 4.79 Å². The van der Waals surface area contributed by atoms with Crippen LogP contribution in [0, 0.1) is 5.41 Å². The fraction of sp³-hybridized carbons (Fsp3) is 0.208. The van der Waals surface area contributed by atoms with Crippen molar-refractivity contribution in [1.29, 1.82) is 0 Å². The van der Waals surface area contributed by atoms with Gasteiger partial charge in [0.05, 0.1) is 7.11 Å². The smallest absolute Gasteiger partial charge is 0.328 e. The van der Waals surface area contributed by atoms with E-state index in [1.807, 2.05) is 59.5 Å². The summed E-state index contributed by atoms with van der Waals surface area (Å²) < 4.78 is 5.24. The maximum Gasteiger partial charge on any atom is 0.328 e. The topological polar surface area (TPSA) is 87.7 Å². The zero-order chi connectivity index (χ0) is 21.6. The molecule has 1 saturated heterocycles. The van der Waals surface area contributed by atoms with Crippen LogP contribution in [-0.4, -0.2) is 31.5 Å². The van der Waals surface area contributed by atoms with Crippen molar-refractivity contribution in [3.05, 3.63) is 71.8 Å². The van der Waals surface area contributed by atoms with Crippen molar-refractivity contribution in [3.63, 3.8) is 0 Å². The van der Waals surface area contributed by atoms with Crippen molar-refractivity contribution in [1.82, 2.24) is 10.6 Å². The maximum atomic E-state index is 13.0. The van der Waals surface area contributed by atoms with Crippen LogP contribution in [0.25, 0.3) is 10.8 Å². The van der Waals surface area contributed by atoms with Crippen LogP contribution in [0.4, 0.5) is 10.5 Å². The van der Waals surface area contributed by atoms with E-state index < -0.39 is 23.3 Å². The summed E-state index contributed by atoms with van der Waals surface area (Å²) in [6.45, 7) is 0.681. The lowest BCUT2D eigenvalue weighted by Gasteiger charge is -2.44. The molecule has 0 atom stereocenters. The molecule has 156 valence electrons. The molecule has 4 amide bonds. The summed E-state index contributed by atoms with van der Waals surface area (Å²) in [5.74, 6) is -0.353. The Morgan fingerprint density at radius 1 is 0.935 bits per heavy atom. The molecule has 0 saturated carbocycles. The van der Waals surface area contributed by atoms with Gasteiger partial charge in [-0.05, 0) is 40.1 Å². The molecule has 1 spiro atoms. The van der Waals surface area contributed by atoms with Crippen molar-refractivity contribution >= 4 is 34.3 Å². The molecule has 3 aromatic carbocycles. The number of carbonyl (C=O) groups is 3. The monoisotopic (exact) mass is 415 g/mol. The molecule has 2 aliphatic rings. The highest BCUT2D eigenvalue weighted by Crippen LogP contribution is 2.42. The van der Waals surface area contributed by atoms with Crippen LogP contribution in [0.3, 0.4) is 0 Å². The van der Waals surface area contributed by atoms with Crippen LogP contribution in [0.1, 0.15) is 11.1 Å². The van der Waals surface area contributed by atoms with Crippen molar-refractivity contribution < 1.29 is 19.1 Å². The van der Waals surface area contributed by atoms with E-state index in [9.17, 15) is 14.4 Å². The zero-order valence-corrected chi connectivity index (χ0v) is 17.0. The molecule has 0 aliphatic carbocycles. The number of barbiturate groups is 1. The predicted molar refractivity (Wildman–Crippen MR) is 116 cm³/mol. The van der Waals surface area contributed by atoms with Gasteiger partial charge in [0.15, 0.2) is 0 Å². The number of hydrogen-bond acceptors (Lipinski definition) is 5. The van der Waals surface area contributed by atoms with E-state index in [2.05, 4.69) is 16.7 Å². The molecule has 0 bridgehead atoms. The molecule has 31 heavy (non-hydrogen) atoms. The van der Waals surface area contributed by atoms with Gasteiger partial charge in [0, 0.05) is 25.2 Å². The van der Waals surface area contributed by atoms with E-state index in [-0.39, 0.29) is 13.0 Å². The minimum Gasteiger partial charge on any atom is -0.497 e. The zero-order valence-electron chi connectivity index (χ0n) is 17.0. The van der Waals surface area contributed by atoms with Gasteiger partial charge in [-0.15, -0.1) is 0 Å². The number of amides is 4. The van der Waals surface area contributed by atoms with Crippen LogP contribution in [0.15, 0.2) is 60.7 Å². The number of methoxy groups -OCH3 is 1. The molecule has 0 radical (unpaired) electrons. The van der Waals surface area contributed by atoms with Gasteiger partial charge in [0.1, 0.15) is 11.2 Å². The molecular formula is C24H21N3O4. The second-order valence-electron chi connectivity index (χ2n) is 7.98. The normalized spacial score (nSPS) is 17.3. The number of urea groups is 1. The summed E-state index contributed by atoms with van der Waals surface area (Å²) in [5, 5.41) is 6.63.